The molecular weight excluding hydrogens is 307 g/mol. The van der Waals surface area contributed by atoms with Crippen LogP contribution >= 0.6 is 0 Å². The van der Waals surface area contributed by atoms with Gasteiger partial charge in [0.25, 0.3) is 0 Å². The van der Waals surface area contributed by atoms with Crippen LogP contribution in [0, 0.1) is 19.7 Å². The summed E-state index contributed by atoms with van der Waals surface area (Å²) in [6.45, 7) is 14.5. The van der Waals surface area contributed by atoms with Crippen LogP contribution in [0.3, 0.4) is 0 Å². The monoisotopic (exact) mass is 336 g/mol. The summed E-state index contributed by atoms with van der Waals surface area (Å²) in [4.78, 5) is 0. The summed E-state index contributed by atoms with van der Waals surface area (Å²) in [7, 11) is 0. The van der Waals surface area contributed by atoms with E-state index in [9.17, 15) is 4.39 Å². The first-order valence-electron chi connectivity index (χ1n) is 9.06. The molecule has 0 nitrogen and oxygen atoms in total. The van der Waals surface area contributed by atoms with Gasteiger partial charge in [-0.3, -0.25) is 0 Å². The Hall–Kier alpha value is -2.15. The van der Waals surface area contributed by atoms with E-state index in [0.29, 0.717) is 11.5 Å². The van der Waals surface area contributed by atoms with Crippen molar-refractivity contribution in [2.45, 2.75) is 53.4 Å². The largest absolute Gasteiger partial charge is 0.206 e. The molecule has 1 atom stereocenters. The summed E-state index contributed by atoms with van der Waals surface area (Å²) in [5, 5.41) is 0. The predicted octanol–water partition coefficient (Wildman–Crippen LogP) is 7.30. The van der Waals surface area contributed by atoms with Crippen LogP contribution in [0.15, 0.2) is 54.6 Å². The quantitative estimate of drug-likeness (QED) is 0.485. The number of hydrogen-bond acceptors (Lipinski definition) is 0. The van der Waals surface area contributed by atoms with Crippen LogP contribution in [-0.2, 0) is 6.42 Å². The second kappa shape index (κ2) is 8.29. The van der Waals surface area contributed by atoms with Crippen molar-refractivity contribution in [2.24, 2.45) is 0 Å². The number of allylic oxidation sites excluding steroid dienone is 3. The van der Waals surface area contributed by atoms with E-state index in [1.165, 1.54) is 16.7 Å². The lowest BCUT2D eigenvalue weighted by Gasteiger charge is -2.21. The molecule has 0 fully saturated rings. The van der Waals surface area contributed by atoms with Crippen molar-refractivity contribution >= 4 is 0 Å². The van der Waals surface area contributed by atoms with Gasteiger partial charge < -0.3 is 0 Å². The van der Waals surface area contributed by atoms with Gasteiger partial charge in [-0.25, -0.2) is 4.39 Å². The van der Waals surface area contributed by atoms with Crippen LogP contribution < -0.4 is 0 Å². The fraction of sp³-hybridized carbons (Fsp3) is 0.333. The first kappa shape index (κ1) is 19.2. The SMILES string of the molecule is C=C(C)/C=C/CC(C)c1c(-c2cc(C)ccc2F)ccc(CC)c1C. The fourth-order valence-electron chi connectivity index (χ4n) is 3.46. The molecule has 0 heterocycles. The zero-order chi connectivity index (χ0) is 18.6. The van der Waals surface area contributed by atoms with Gasteiger partial charge in [-0.15, -0.1) is 0 Å². The lowest BCUT2D eigenvalue weighted by Crippen LogP contribution is -2.03. The number of aryl methyl sites for hydroxylation is 2. The van der Waals surface area contributed by atoms with E-state index in [1.54, 1.807) is 6.07 Å². The van der Waals surface area contributed by atoms with E-state index in [4.69, 9.17) is 0 Å². The molecule has 0 aliphatic carbocycles. The fourth-order valence-corrected chi connectivity index (χ4v) is 3.46. The van der Waals surface area contributed by atoms with Crippen LogP contribution in [0.1, 0.15) is 55.4 Å². The topological polar surface area (TPSA) is 0 Å². The summed E-state index contributed by atoms with van der Waals surface area (Å²) < 4.78 is 14.5. The lowest BCUT2D eigenvalue weighted by molar-refractivity contribution is 0.630. The molecule has 0 radical (unpaired) electrons. The van der Waals surface area contributed by atoms with Crippen molar-refractivity contribution in [2.75, 3.05) is 0 Å². The summed E-state index contributed by atoms with van der Waals surface area (Å²) in [5.74, 6) is 0.164. The Kier molecular flexibility index (Phi) is 6.36. The molecule has 0 aliphatic heterocycles. The minimum Gasteiger partial charge on any atom is -0.206 e. The highest BCUT2D eigenvalue weighted by molar-refractivity contribution is 5.71. The third-order valence-corrected chi connectivity index (χ3v) is 4.80. The maximum absolute atomic E-state index is 14.5. The standard InChI is InChI=1S/C24H29F/c1-7-20-12-13-21(22-15-17(4)11-14-23(22)25)24(19(20)6)18(5)10-8-9-16(2)3/h8-9,11-15,18H,2,7,10H2,1,3-6H3/b9-8+. The molecule has 0 aliphatic rings. The Morgan fingerprint density at radius 2 is 1.88 bits per heavy atom. The molecule has 2 rings (SSSR count). The molecule has 25 heavy (non-hydrogen) atoms. The minimum atomic E-state index is -0.153. The molecule has 0 aromatic heterocycles. The Bertz CT molecular complexity index is 796. The van der Waals surface area contributed by atoms with Crippen LogP contribution in [0.2, 0.25) is 0 Å². The van der Waals surface area contributed by atoms with Gasteiger partial charge in [0.1, 0.15) is 5.82 Å². The molecule has 0 spiro atoms. The van der Waals surface area contributed by atoms with E-state index >= 15 is 0 Å². The Morgan fingerprint density at radius 3 is 2.52 bits per heavy atom. The Labute approximate surface area is 152 Å². The van der Waals surface area contributed by atoms with Crippen molar-refractivity contribution in [3.8, 4) is 11.1 Å². The second-order valence-corrected chi connectivity index (χ2v) is 7.03. The van der Waals surface area contributed by atoms with Crippen molar-refractivity contribution in [1.82, 2.24) is 0 Å². The van der Waals surface area contributed by atoms with Crippen molar-refractivity contribution in [1.29, 1.82) is 0 Å². The van der Waals surface area contributed by atoms with Crippen molar-refractivity contribution in [3.63, 3.8) is 0 Å². The average molecular weight is 336 g/mol. The Balaban J connectivity index is 2.58. The summed E-state index contributed by atoms with van der Waals surface area (Å²) >= 11 is 0. The zero-order valence-corrected chi connectivity index (χ0v) is 16.1. The molecule has 0 N–H and O–H groups in total. The highest BCUT2D eigenvalue weighted by Gasteiger charge is 2.18. The van der Waals surface area contributed by atoms with E-state index < -0.39 is 0 Å². The maximum Gasteiger partial charge on any atom is 0.131 e. The van der Waals surface area contributed by atoms with Gasteiger partial charge in [-0.05, 0) is 73.9 Å². The molecule has 0 saturated heterocycles. The molecule has 2 aromatic rings. The van der Waals surface area contributed by atoms with Gasteiger partial charge in [-0.1, -0.05) is 61.9 Å². The number of halogens is 1. The van der Waals surface area contributed by atoms with E-state index in [-0.39, 0.29) is 5.82 Å². The lowest BCUT2D eigenvalue weighted by atomic mass is 9.83. The highest BCUT2D eigenvalue weighted by Crippen LogP contribution is 2.37. The Morgan fingerprint density at radius 1 is 1.16 bits per heavy atom. The minimum absolute atomic E-state index is 0.153. The van der Waals surface area contributed by atoms with Crippen LogP contribution in [-0.4, -0.2) is 0 Å². The molecule has 1 heteroatoms. The average Bonchev–Trinajstić information content (AvgIpc) is 2.56. The molecule has 0 saturated carbocycles. The molecule has 1 unspecified atom stereocenters. The predicted molar refractivity (Wildman–Crippen MR) is 108 cm³/mol. The third kappa shape index (κ3) is 4.48. The zero-order valence-electron chi connectivity index (χ0n) is 16.1. The highest BCUT2D eigenvalue weighted by atomic mass is 19.1. The summed E-state index contributed by atoms with van der Waals surface area (Å²) in [5.41, 5.74) is 7.74. The van der Waals surface area contributed by atoms with E-state index in [1.807, 2.05) is 26.0 Å². The van der Waals surface area contributed by atoms with E-state index in [2.05, 4.69) is 51.6 Å². The number of rotatable bonds is 6. The van der Waals surface area contributed by atoms with Crippen LogP contribution in [0.25, 0.3) is 11.1 Å². The summed E-state index contributed by atoms with van der Waals surface area (Å²) in [6.07, 6.45) is 6.13. The first-order valence-corrected chi connectivity index (χ1v) is 9.06. The molecule has 0 amide bonds. The van der Waals surface area contributed by atoms with Crippen LogP contribution in [0.4, 0.5) is 4.39 Å². The molecule has 2 aromatic carbocycles. The van der Waals surface area contributed by atoms with E-state index in [0.717, 1.165) is 29.5 Å². The summed E-state index contributed by atoms with van der Waals surface area (Å²) in [6, 6.07) is 9.59. The molecule has 132 valence electrons. The number of benzene rings is 2. The van der Waals surface area contributed by atoms with Gasteiger partial charge in [0.05, 0.1) is 0 Å². The maximum atomic E-state index is 14.5. The smallest absolute Gasteiger partial charge is 0.131 e. The van der Waals surface area contributed by atoms with Gasteiger partial charge in [0.2, 0.25) is 0 Å². The van der Waals surface area contributed by atoms with Gasteiger partial charge in [0.15, 0.2) is 0 Å². The van der Waals surface area contributed by atoms with Gasteiger partial charge in [-0.2, -0.15) is 0 Å². The van der Waals surface area contributed by atoms with Gasteiger partial charge in [0, 0.05) is 5.56 Å². The second-order valence-electron chi connectivity index (χ2n) is 7.03. The molecular formula is C24H29F. The third-order valence-electron chi connectivity index (χ3n) is 4.80. The molecule has 0 bridgehead atoms. The first-order chi connectivity index (χ1) is 11.8. The van der Waals surface area contributed by atoms with Crippen molar-refractivity contribution < 1.29 is 4.39 Å². The van der Waals surface area contributed by atoms with Crippen molar-refractivity contribution in [3.05, 3.63) is 82.7 Å². The van der Waals surface area contributed by atoms with Crippen LogP contribution in [0.5, 0.6) is 0 Å². The number of hydrogen-bond donors (Lipinski definition) is 0. The normalized spacial score (nSPS) is 12.6. The van der Waals surface area contributed by atoms with Gasteiger partial charge >= 0.3 is 0 Å².